The van der Waals surface area contributed by atoms with Gasteiger partial charge in [-0.2, -0.15) is 0 Å². The fourth-order valence-corrected chi connectivity index (χ4v) is 1.41. The van der Waals surface area contributed by atoms with E-state index in [4.69, 9.17) is 10.2 Å². The van der Waals surface area contributed by atoms with Crippen LogP contribution in [-0.2, 0) is 9.59 Å². The number of carboxylic acid groups (broad SMARTS) is 1. The fraction of sp³-hybridized carbons (Fsp3) is 0.143. The summed E-state index contributed by atoms with van der Waals surface area (Å²) in [6, 6.07) is 6.30. The lowest BCUT2D eigenvalue weighted by molar-refractivity contribution is -0.142. The number of phenols is 1. The summed E-state index contributed by atoms with van der Waals surface area (Å²) in [6.45, 7) is 3.28. The first-order valence-corrected chi connectivity index (χ1v) is 5.61. The fourth-order valence-electron chi connectivity index (χ4n) is 1.41. The van der Waals surface area contributed by atoms with Crippen LogP contribution in [0.25, 0.3) is 6.08 Å². The first-order valence-electron chi connectivity index (χ1n) is 5.61. The van der Waals surface area contributed by atoms with E-state index in [9.17, 15) is 9.59 Å². The molecule has 0 aliphatic heterocycles. The smallest absolute Gasteiger partial charge is 0.323 e. The molecule has 1 amide bonds. The third kappa shape index (κ3) is 5.08. The van der Waals surface area contributed by atoms with Crippen molar-refractivity contribution in [1.29, 1.82) is 0 Å². The maximum atomic E-state index is 11.8. The molecule has 100 valence electrons. The van der Waals surface area contributed by atoms with Crippen molar-refractivity contribution in [3.63, 3.8) is 0 Å². The topological polar surface area (TPSA) is 77.8 Å². The maximum Gasteiger partial charge on any atom is 0.323 e. The number of benzene rings is 1. The van der Waals surface area contributed by atoms with Gasteiger partial charge in [-0.15, -0.1) is 6.58 Å². The summed E-state index contributed by atoms with van der Waals surface area (Å²) >= 11 is 0. The van der Waals surface area contributed by atoms with Crippen LogP contribution in [0.3, 0.4) is 0 Å². The molecule has 19 heavy (non-hydrogen) atoms. The van der Waals surface area contributed by atoms with E-state index in [1.165, 1.54) is 24.3 Å². The highest BCUT2D eigenvalue weighted by atomic mass is 16.4. The van der Waals surface area contributed by atoms with Gasteiger partial charge in [0.15, 0.2) is 0 Å². The van der Waals surface area contributed by atoms with Crippen LogP contribution in [0.1, 0.15) is 5.56 Å². The van der Waals surface area contributed by atoms with Gasteiger partial charge in [0.1, 0.15) is 12.3 Å². The lowest BCUT2D eigenvalue weighted by atomic mass is 10.2. The zero-order valence-electron chi connectivity index (χ0n) is 10.3. The van der Waals surface area contributed by atoms with E-state index >= 15 is 0 Å². The van der Waals surface area contributed by atoms with Gasteiger partial charge >= 0.3 is 5.97 Å². The zero-order chi connectivity index (χ0) is 14.3. The Hall–Kier alpha value is -2.56. The van der Waals surface area contributed by atoms with Crippen LogP contribution in [-0.4, -0.2) is 40.1 Å². The van der Waals surface area contributed by atoms with E-state index in [2.05, 4.69) is 6.58 Å². The van der Waals surface area contributed by atoms with Gasteiger partial charge in [-0.25, -0.2) is 0 Å². The second-order valence-corrected chi connectivity index (χ2v) is 3.83. The molecule has 0 atom stereocenters. The number of rotatable bonds is 6. The third-order valence-electron chi connectivity index (χ3n) is 2.30. The second-order valence-electron chi connectivity index (χ2n) is 3.83. The van der Waals surface area contributed by atoms with Crippen LogP contribution in [0.4, 0.5) is 0 Å². The van der Waals surface area contributed by atoms with E-state index in [0.29, 0.717) is 0 Å². The summed E-state index contributed by atoms with van der Waals surface area (Å²) in [7, 11) is 0. The first-order chi connectivity index (χ1) is 9.02. The number of hydrogen-bond acceptors (Lipinski definition) is 3. The number of aliphatic carboxylic acids is 1. The number of carbonyl (C=O) groups excluding carboxylic acids is 1. The van der Waals surface area contributed by atoms with Gasteiger partial charge in [0, 0.05) is 12.6 Å². The van der Waals surface area contributed by atoms with Crippen LogP contribution < -0.4 is 0 Å². The van der Waals surface area contributed by atoms with E-state index in [1.807, 2.05) is 0 Å². The van der Waals surface area contributed by atoms with Gasteiger partial charge in [-0.3, -0.25) is 9.59 Å². The minimum absolute atomic E-state index is 0.141. The van der Waals surface area contributed by atoms with Gasteiger partial charge in [0.2, 0.25) is 5.91 Å². The summed E-state index contributed by atoms with van der Waals surface area (Å²) < 4.78 is 0. The average Bonchev–Trinajstić information content (AvgIpc) is 2.37. The molecular weight excluding hydrogens is 246 g/mol. The molecule has 2 N–H and O–H groups in total. The van der Waals surface area contributed by atoms with Crippen LogP contribution in [0, 0.1) is 0 Å². The normalized spacial score (nSPS) is 10.3. The lowest BCUT2D eigenvalue weighted by Crippen LogP contribution is -2.34. The molecule has 0 bridgehead atoms. The van der Waals surface area contributed by atoms with Crippen molar-refractivity contribution in [2.75, 3.05) is 13.1 Å². The van der Waals surface area contributed by atoms with Gasteiger partial charge in [-0.05, 0) is 23.8 Å². The molecular formula is C14H15NO4. The Bertz CT molecular complexity index is 491. The first kappa shape index (κ1) is 14.5. The molecule has 1 aromatic rings. The number of carboxylic acids is 1. The Kier molecular flexibility index (Phi) is 5.35. The summed E-state index contributed by atoms with van der Waals surface area (Å²) in [5, 5.41) is 17.8. The van der Waals surface area contributed by atoms with Gasteiger partial charge in [0.25, 0.3) is 0 Å². The molecule has 0 saturated heterocycles. The number of aromatic hydroxyl groups is 1. The SMILES string of the molecule is C=CCN(CC(=O)O)C(=O)C=Cc1ccc(O)cc1. The molecule has 0 spiro atoms. The second kappa shape index (κ2) is 7.00. The zero-order valence-corrected chi connectivity index (χ0v) is 10.3. The largest absolute Gasteiger partial charge is 0.508 e. The monoisotopic (exact) mass is 261 g/mol. The van der Waals surface area contributed by atoms with E-state index in [-0.39, 0.29) is 18.8 Å². The lowest BCUT2D eigenvalue weighted by Gasteiger charge is -2.16. The summed E-state index contributed by atoms with van der Waals surface area (Å²) in [5.41, 5.74) is 0.736. The van der Waals surface area contributed by atoms with Gasteiger partial charge in [-0.1, -0.05) is 18.2 Å². The van der Waals surface area contributed by atoms with E-state index in [0.717, 1.165) is 10.5 Å². The van der Waals surface area contributed by atoms with Gasteiger partial charge in [0.05, 0.1) is 0 Å². The van der Waals surface area contributed by atoms with Crippen LogP contribution in [0.5, 0.6) is 5.75 Å². The van der Waals surface area contributed by atoms with Crippen molar-refractivity contribution < 1.29 is 19.8 Å². The summed E-state index contributed by atoms with van der Waals surface area (Å²) in [4.78, 5) is 23.6. The summed E-state index contributed by atoms with van der Waals surface area (Å²) in [6.07, 6.45) is 4.31. The molecule has 5 heteroatoms. The Morgan fingerprint density at radius 2 is 1.89 bits per heavy atom. The van der Waals surface area contributed by atoms with Crippen LogP contribution in [0.2, 0.25) is 0 Å². The number of amides is 1. The molecule has 1 rings (SSSR count). The molecule has 0 saturated carbocycles. The standard InChI is InChI=1S/C14H15NO4/c1-2-9-15(10-14(18)19)13(17)8-5-11-3-6-12(16)7-4-11/h2-8,16H,1,9-10H2,(H,18,19). The number of carbonyl (C=O) groups is 2. The predicted molar refractivity (Wildman–Crippen MR) is 71.6 cm³/mol. The van der Waals surface area contributed by atoms with Crippen molar-refractivity contribution in [3.05, 3.63) is 48.6 Å². The number of nitrogens with zero attached hydrogens (tertiary/aromatic N) is 1. The highest BCUT2D eigenvalue weighted by Crippen LogP contribution is 2.10. The molecule has 0 aliphatic rings. The van der Waals surface area contributed by atoms with Crippen molar-refractivity contribution >= 4 is 18.0 Å². The predicted octanol–water partition coefficient (Wildman–Crippen LogP) is 1.50. The summed E-state index contributed by atoms with van der Waals surface area (Å²) in [5.74, 6) is -1.34. The minimum Gasteiger partial charge on any atom is -0.508 e. The molecule has 1 aromatic carbocycles. The van der Waals surface area contributed by atoms with E-state index < -0.39 is 11.9 Å². The van der Waals surface area contributed by atoms with Crippen molar-refractivity contribution in [3.8, 4) is 5.75 Å². The molecule has 0 fully saturated rings. The van der Waals surface area contributed by atoms with Gasteiger partial charge < -0.3 is 15.1 Å². The van der Waals surface area contributed by atoms with Crippen LogP contribution >= 0.6 is 0 Å². The molecule has 0 aliphatic carbocycles. The minimum atomic E-state index is -1.08. The number of hydrogen-bond donors (Lipinski definition) is 2. The number of phenolic OH excluding ortho intramolecular Hbond substituents is 1. The molecule has 0 heterocycles. The van der Waals surface area contributed by atoms with Crippen LogP contribution in [0.15, 0.2) is 43.0 Å². The Labute approximate surface area is 111 Å². The maximum absolute atomic E-state index is 11.8. The third-order valence-corrected chi connectivity index (χ3v) is 2.30. The molecule has 0 radical (unpaired) electrons. The molecule has 0 unspecified atom stereocenters. The Morgan fingerprint density at radius 1 is 1.26 bits per heavy atom. The Morgan fingerprint density at radius 3 is 2.42 bits per heavy atom. The molecule has 5 nitrogen and oxygen atoms in total. The molecule has 0 aromatic heterocycles. The highest BCUT2D eigenvalue weighted by molar-refractivity contribution is 5.93. The van der Waals surface area contributed by atoms with E-state index in [1.54, 1.807) is 18.2 Å². The van der Waals surface area contributed by atoms with Crippen molar-refractivity contribution in [1.82, 2.24) is 4.90 Å². The average molecular weight is 261 g/mol. The quantitative estimate of drug-likeness (QED) is 0.601. The van der Waals surface area contributed by atoms with Crippen molar-refractivity contribution in [2.45, 2.75) is 0 Å². The Balaban J connectivity index is 2.72. The van der Waals surface area contributed by atoms with Crippen molar-refractivity contribution in [2.24, 2.45) is 0 Å². The highest BCUT2D eigenvalue weighted by Gasteiger charge is 2.12.